The van der Waals surface area contributed by atoms with Gasteiger partial charge < -0.3 is 14.2 Å². The van der Waals surface area contributed by atoms with Gasteiger partial charge in [0.15, 0.2) is 5.69 Å². The van der Waals surface area contributed by atoms with Crippen molar-refractivity contribution in [2.24, 2.45) is 5.41 Å². The van der Waals surface area contributed by atoms with Crippen LogP contribution in [0.1, 0.15) is 23.1 Å². The minimum Gasteiger partial charge on any atom is -0.491 e. The van der Waals surface area contributed by atoms with Crippen molar-refractivity contribution in [3.05, 3.63) is 35.9 Å². The molecule has 0 N–H and O–H groups in total. The van der Waals surface area contributed by atoms with Crippen molar-refractivity contribution in [3.8, 4) is 17.1 Å². The fourth-order valence-electron chi connectivity index (χ4n) is 2.32. The first-order valence-corrected chi connectivity index (χ1v) is 7.60. The third kappa shape index (κ3) is 3.35. The van der Waals surface area contributed by atoms with Gasteiger partial charge in [-0.05, 0) is 19.1 Å². The topological polar surface area (TPSA) is 83.4 Å². The third-order valence-corrected chi connectivity index (χ3v) is 3.81. The van der Waals surface area contributed by atoms with Gasteiger partial charge in [-0.3, -0.25) is 4.98 Å². The number of hydrogen-bond acceptors (Lipinski definition) is 7. The number of methoxy groups -OCH3 is 1. The number of ether oxygens (including phenoxy) is 3. The molecule has 0 spiro atoms. The lowest BCUT2D eigenvalue weighted by Crippen LogP contribution is -2.44. The molecule has 2 aromatic rings. The monoisotopic (exact) mass is 329 g/mol. The van der Waals surface area contributed by atoms with Gasteiger partial charge in [-0.15, -0.1) is 0 Å². The van der Waals surface area contributed by atoms with Crippen LogP contribution < -0.4 is 4.74 Å². The molecular formula is C17H19N3O4. The lowest BCUT2D eigenvalue weighted by molar-refractivity contribution is -0.120. The smallest absolute Gasteiger partial charge is 0.358 e. The molecule has 7 nitrogen and oxygen atoms in total. The number of carbonyl (C=O) groups excluding carboxylic acids is 1. The summed E-state index contributed by atoms with van der Waals surface area (Å²) in [5, 5.41) is 0. The Bertz CT molecular complexity index is 759. The van der Waals surface area contributed by atoms with E-state index in [1.165, 1.54) is 13.3 Å². The van der Waals surface area contributed by atoms with E-state index in [1.54, 1.807) is 12.3 Å². The average molecular weight is 329 g/mol. The summed E-state index contributed by atoms with van der Waals surface area (Å²) in [6, 6.07) is 3.65. The molecule has 24 heavy (non-hydrogen) atoms. The minimum atomic E-state index is -0.531. The molecule has 1 fully saturated rings. The fraction of sp³-hybridized carbons (Fsp3) is 0.412. The summed E-state index contributed by atoms with van der Waals surface area (Å²) in [6.07, 6.45) is 2.92. The largest absolute Gasteiger partial charge is 0.491 e. The number of pyridine rings is 1. The summed E-state index contributed by atoms with van der Waals surface area (Å²) in [7, 11) is 1.30. The van der Waals surface area contributed by atoms with E-state index in [1.807, 2.05) is 13.0 Å². The van der Waals surface area contributed by atoms with E-state index in [9.17, 15) is 4.79 Å². The van der Waals surface area contributed by atoms with Crippen LogP contribution in [0.25, 0.3) is 11.4 Å². The molecule has 1 aliphatic heterocycles. The average Bonchev–Trinajstić information content (AvgIpc) is 2.58. The number of esters is 1. The molecule has 3 heterocycles. The first-order valence-electron chi connectivity index (χ1n) is 7.60. The number of aryl methyl sites for hydroxylation is 1. The standard InChI is InChI=1S/C17H19N3O4/c1-11-15(24-10-17(2)8-23-9-17)5-4-12(19-11)13-6-18-7-14(20-13)16(21)22-3/h4-7H,8-10H2,1-3H3. The van der Waals surface area contributed by atoms with Gasteiger partial charge in [0, 0.05) is 5.41 Å². The van der Waals surface area contributed by atoms with Crippen LogP contribution in [0, 0.1) is 12.3 Å². The van der Waals surface area contributed by atoms with Crippen LogP contribution in [-0.4, -0.2) is 47.9 Å². The van der Waals surface area contributed by atoms with Crippen LogP contribution in [-0.2, 0) is 9.47 Å². The Hall–Kier alpha value is -2.54. The maximum absolute atomic E-state index is 11.6. The summed E-state index contributed by atoms with van der Waals surface area (Å²) < 4.78 is 15.7. The van der Waals surface area contributed by atoms with Crippen LogP contribution in [0.4, 0.5) is 0 Å². The molecule has 1 saturated heterocycles. The highest BCUT2D eigenvalue weighted by Gasteiger charge is 2.34. The molecule has 126 valence electrons. The van der Waals surface area contributed by atoms with E-state index < -0.39 is 5.97 Å². The number of aromatic nitrogens is 3. The molecule has 0 unspecified atom stereocenters. The highest BCUT2D eigenvalue weighted by atomic mass is 16.5. The molecular weight excluding hydrogens is 310 g/mol. The van der Waals surface area contributed by atoms with Gasteiger partial charge in [0.25, 0.3) is 0 Å². The molecule has 0 aliphatic carbocycles. The molecule has 0 radical (unpaired) electrons. The number of hydrogen-bond donors (Lipinski definition) is 0. The van der Waals surface area contributed by atoms with Crippen molar-refractivity contribution >= 4 is 5.97 Å². The Morgan fingerprint density at radius 2 is 2.04 bits per heavy atom. The maximum Gasteiger partial charge on any atom is 0.358 e. The zero-order chi connectivity index (χ0) is 17.2. The quantitative estimate of drug-likeness (QED) is 0.776. The maximum atomic E-state index is 11.6. The molecule has 0 saturated carbocycles. The molecule has 3 rings (SSSR count). The Balaban J connectivity index is 1.78. The van der Waals surface area contributed by atoms with Crippen molar-refractivity contribution in [2.45, 2.75) is 13.8 Å². The van der Waals surface area contributed by atoms with Crippen molar-refractivity contribution in [3.63, 3.8) is 0 Å². The summed E-state index contributed by atoms with van der Waals surface area (Å²) >= 11 is 0. The van der Waals surface area contributed by atoms with Crippen LogP contribution >= 0.6 is 0 Å². The van der Waals surface area contributed by atoms with Crippen molar-refractivity contribution in [2.75, 3.05) is 26.9 Å². The van der Waals surface area contributed by atoms with Gasteiger partial charge in [-0.25, -0.2) is 14.8 Å². The first-order chi connectivity index (χ1) is 11.5. The minimum absolute atomic E-state index is 0.0748. The van der Waals surface area contributed by atoms with Gasteiger partial charge in [0.1, 0.15) is 11.4 Å². The highest BCUT2D eigenvalue weighted by molar-refractivity contribution is 5.87. The predicted octanol–water partition coefficient (Wildman–Crippen LogP) is 2.05. The van der Waals surface area contributed by atoms with E-state index in [0.717, 1.165) is 11.4 Å². The van der Waals surface area contributed by atoms with E-state index in [0.29, 0.717) is 31.2 Å². The number of nitrogens with zero attached hydrogens (tertiary/aromatic N) is 3. The number of carbonyl (C=O) groups is 1. The second-order valence-corrected chi connectivity index (χ2v) is 6.15. The van der Waals surface area contributed by atoms with Gasteiger partial charge in [-0.1, -0.05) is 6.92 Å². The van der Waals surface area contributed by atoms with Crippen LogP contribution in [0.15, 0.2) is 24.5 Å². The zero-order valence-electron chi connectivity index (χ0n) is 13.9. The van der Waals surface area contributed by atoms with E-state index in [4.69, 9.17) is 9.47 Å². The summed E-state index contributed by atoms with van der Waals surface area (Å²) in [4.78, 5) is 24.3. The van der Waals surface area contributed by atoms with E-state index in [2.05, 4.69) is 26.6 Å². The molecule has 0 atom stereocenters. The first kappa shape index (κ1) is 16.3. The number of rotatable bonds is 5. The second-order valence-electron chi connectivity index (χ2n) is 6.15. The Morgan fingerprint density at radius 3 is 2.67 bits per heavy atom. The molecule has 0 bridgehead atoms. The van der Waals surface area contributed by atoms with E-state index in [-0.39, 0.29) is 11.1 Å². The van der Waals surface area contributed by atoms with Crippen molar-refractivity contribution < 1.29 is 19.0 Å². The Labute approximate surface area is 140 Å². The van der Waals surface area contributed by atoms with Gasteiger partial charge in [0.05, 0.1) is 50.7 Å². The van der Waals surface area contributed by atoms with E-state index >= 15 is 0 Å². The van der Waals surface area contributed by atoms with Gasteiger partial charge in [-0.2, -0.15) is 0 Å². The molecule has 1 aliphatic rings. The van der Waals surface area contributed by atoms with Crippen LogP contribution in [0.2, 0.25) is 0 Å². The van der Waals surface area contributed by atoms with Gasteiger partial charge in [0.2, 0.25) is 0 Å². The lowest BCUT2D eigenvalue weighted by atomic mass is 9.90. The van der Waals surface area contributed by atoms with Crippen LogP contribution in [0.3, 0.4) is 0 Å². The van der Waals surface area contributed by atoms with Gasteiger partial charge >= 0.3 is 5.97 Å². The van der Waals surface area contributed by atoms with Crippen molar-refractivity contribution in [1.82, 2.24) is 15.0 Å². The molecule has 2 aromatic heterocycles. The highest BCUT2D eigenvalue weighted by Crippen LogP contribution is 2.29. The Kier molecular flexibility index (Phi) is 4.44. The fourth-order valence-corrected chi connectivity index (χ4v) is 2.32. The summed E-state index contributed by atoms with van der Waals surface area (Å²) in [5.74, 6) is 0.195. The normalized spacial score (nSPS) is 15.5. The molecule has 0 aromatic carbocycles. The lowest BCUT2D eigenvalue weighted by Gasteiger charge is -2.37. The second kappa shape index (κ2) is 6.52. The SMILES string of the molecule is COC(=O)c1cncc(-c2ccc(OCC3(C)COC3)c(C)n2)n1. The predicted molar refractivity (Wildman–Crippen MR) is 85.8 cm³/mol. The summed E-state index contributed by atoms with van der Waals surface area (Å²) in [6.45, 7) is 6.02. The third-order valence-electron chi connectivity index (χ3n) is 3.81. The Morgan fingerprint density at radius 1 is 1.25 bits per heavy atom. The van der Waals surface area contributed by atoms with Crippen molar-refractivity contribution in [1.29, 1.82) is 0 Å². The molecule has 0 amide bonds. The zero-order valence-corrected chi connectivity index (χ0v) is 13.9. The molecule has 7 heteroatoms. The van der Waals surface area contributed by atoms with Crippen LogP contribution in [0.5, 0.6) is 5.75 Å². The summed E-state index contributed by atoms with van der Waals surface area (Å²) in [5.41, 5.74) is 2.10.